The van der Waals surface area contributed by atoms with E-state index in [0.717, 1.165) is 72.1 Å². The van der Waals surface area contributed by atoms with Crippen LogP contribution in [0.15, 0.2) is 36.4 Å². The van der Waals surface area contributed by atoms with Gasteiger partial charge in [0.25, 0.3) is 8.32 Å². The van der Waals surface area contributed by atoms with E-state index in [1.807, 2.05) is 43.3 Å². The molecule has 0 radical (unpaired) electrons. The van der Waals surface area contributed by atoms with Gasteiger partial charge in [-0.2, -0.15) is 0 Å². The first-order chi connectivity index (χ1) is 18.0. The summed E-state index contributed by atoms with van der Waals surface area (Å²) in [5, 5.41) is 1.14. The van der Waals surface area contributed by atoms with Gasteiger partial charge in [0, 0.05) is 43.7 Å². The summed E-state index contributed by atoms with van der Waals surface area (Å²) >= 11 is 6.37. The molecule has 1 fully saturated rings. The van der Waals surface area contributed by atoms with Gasteiger partial charge in [-0.25, -0.2) is 9.97 Å². The van der Waals surface area contributed by atoms with Crippen molar-refractivity contribution in [3.8, 4) is 28.5 Å². The molecule has 0 saturated carbocycles. The standard InChI is InChI=1S/C29H41ClN4O3Si/c1-8-35-25-12-9-21(19-26(25)37-38(6,7)29(2,3)4)27-23-20-22(10-11-24(23)31-28(30)32-27)36-18-17-34-15-13-33(5)14-16-34/h9-12,19-20H,8,13-18H2,1-7H3. The highest BCUT2D eigenvalue weighted by Gasteiger charge is 2.39. The van der Waals surface area contributed by atoms with Crippen molar-refractivity contribution in [2.75, 3.05) is 53.0 Å². The third kappa shape index (κ3) is 6.78. The third-order valence-electron chi connectivity index (χ3n) is 7.60. The molecule has 1 aliphatic heterocycles. The maximum atomic E-state index is 6.70. The maximum Gasteiger partial charge on any atom is 0.250 e. The van der Waals surface area contributed by atoms with Crippen LogP contribution in [0.5, 0.6) is 17.2 Å². The molecule has 1 saturated heterocycles. The molecule has 0 amide bonds. The number of nitrogens with zero attached hydrogens (tertiary/aromatic N) is 4. The first kappa shape index (κ1) is 28.6. The summed E-state index contributed by atoms with van der Waals surface area (Å²) in [6.45, 7) is 19.6. The molecular weight excluding hydrogens is 516 g/mol. The van der Waals surface area contributed by atoms with Crippen molar-refractivity contribution < 1.29 is 13.9 Å². The molecule has 0 atom stereocenters. The van der Waals surface area contributed by atoms with Crippen LogP contribution in [0.4, 0.5) is 0 Å². The summed E-state index contributed by atoms with van der Waals surface area (Å²) in [4.78, 5) is 13.9. The van der Waals surface area contributed by atoms with E-state index in [-0.39, 0.29) is 10.3 Å². The number of benzene rings is 2. The summed E-state index contributed by atoms with van der Waals surface area (Å²) in [6.07, 6.45) is 0. The van der Waals surface area contributed by atoms with Gasteiger partial charge in [0.05, 0.1) is 17.8 Å². The van der Waals surface area contributed by atoms with Crippen LogP contribution >= 0.6 is 11.6 Å². The number of aromatic nitrogens is 2. The van der Waals surface area contributed by atoms with Gasteiger partial charge in [-0.3, -0.25) is 4.90 Å². The van der Waals surface area contributed by atoms with E-state index in [1.165, 1.54) is 0 Å². The molecular formula is C29H41ClN4O3Si. The van der Waals surface area contributed by atoms with Crippen molar-refractivity contribution >= 4 is 30.8 Å². The van der Waals surface area contributed by atoms with E-state index in [9.17, 15) is 0 Å². The number of hydrogen-bond donors (Lipinski definition) is 0. The zero-order valence-corrected chi connectivity index (χ0v) is 25.6. The van der Waals surface area contributed by atoms with Gasteiger partial charge >= 0.3 is 0 Å². The summed E-state index contributed by atoms with van der Waals surface area (Å²) in [7, 11) is 0.0660. The van der Waals surface area contributed by atoms with Crippen LogP contribution in [-0.2, 0) is 0 Å². The van der Waals surface area contributed by atoms with E-state index < -0.39 is 8.32 Å². The quantitative estimate of drug-likeness (QED) is 0.224. The topological polar surface area (TPSA) is 60.0 Å². The molecule has 7 nitrogen and oxygen atoms in total. The lowest BCUT2D eigenvalue weighted by Gasteiger charge is -2.37. The number of fused-ring (bicyclic) bond motifs is 1. The largest absolute Gasteiger partial charge is 0.541 e. The zero-order valence-electron chi connectivity index (χ0n) is 23.8. The number of ether oxygens (including phenoxy) is 2. The minimum absolute atomic E-state index is 0.0494. The van der Waals surface area contributed by atoms with Crippen LogP contribution in [0.3, 0.4) is 0 Å². The van der Waals surface area contributed by atoms with Crippen molar-refractivity contribution in [3.63, 3.8) is 0 Å². The fourth-order valence-electron chi connectivity index (χ4n) is 4.19. The van der Waals surface area contributed by atoms with Crippen molar-refractivity contribution in [1.82, 2.24) is 19.8 Å². The predicted octanol–water partition coefficient (Wildman–Crippen LogP) is 6.36. The molecule has 0 bridgehead atoms. The Balaban J connectivity index is 1.64. The lowest BCUT2D eigenvalue weighted by Crippen LogP contribution is -2.45. The van der Waals surface area contributed by atoms with Crippen LogP contribution in [0, 0.1) is 0 Å². The number of halogens is 1. The Hall–Kier alpha value is -2.39. The van der Waals surface area contributed by atoms with E-state index in [1.54, 1.807) is 0 Å². The minimum atomic E-state index is -2.10. The Morgan fingerprint density at radius 2 is 1.68 bits per heavy atom. The van der Waals surface area contributed by atoms with Crippen LogP contribution in [0.25, 0.3) is 22.2 Å². The fraction of sp³-hybridized carbons (Fsp3) is 0.517. The van der Waals surface area contributed by atoms with Gasteiger partial charge in [-0.15, -0.1) is 0 Å². The van der Waals surface area contributed by atoms with Gasteiger partial charge in [0.15, 0.2) is 5.75 Å². The van der Waals surface area contributed by atoms with Gasteiger partial charge in [0.1, 0.15) is 18.1 Å². The normalized spacial score (nSPS) is 15.6. The molecule has 1 aromatic heterocycles. The molecule has 206 valence electrons. The third-order valence-corrected chi connectivity index (χ3v) is 12.1. The van der Waals surface area contributed by atoms with E-state index in [4.69, 9.17) is 25.5 Å². The second-order valence-corrected chi connectivity index (χ2v) is 16.5. The van der Waals surface area contributed by atoms with E-state index >= 15 is 0 Å². The summed E-state index contributed by atoms with van der Waals surface area (Å²) in [5.74, 6) is 2.26. The highest BCUT2D eigenvalue weighted by molar-refractivity contribution is 6.74. The average molecular weight is 557 g/mol. The Morgan fingerprint density at radius 3 is 2.37 bits per heavy atom. The number of rotatable bonds is 9. The molecule has 4 rings (SSSR count). The second kappa shape index (κ2) is 11.8. The molecule has 38 heavy (non-hydrogen) atoms. The van der Waals surface area contributed by atoms with Crippen LogP contribution in [0.1, 0.15) is 27.7 Å². The van der Waals surface area contributed by atoms with Crippen molar-refractivity contribution in [2.45, 2.75) is 45.8 Å². The van der Waals surface area contributed by atoms with Crippen molar-refractivity contribution in [1.29, 1.82) is 0 Å². The first-order valence-corrected chi connectivity index (χ1v) is 16.7. The van der Waals surface area contributed by atoms with Crippen LogP contribution in [0.2, 0.25) is 23.4 Å². The molecule has 3 aromatic rings. The average Bonchev–Trinajstić information content (AvgIpc) is 2.85. The van der Waals surface area contributed by atoms with Gasteiger partial charge in [0.2, 0.25) is 5.28 Å². The minimum Gasteiger partial charge on any atom is -0.541 e. The molecule has 0 aliphatic carbocycles. The number of hydrogen-bond acceptors (Lipinski definition) is 7. The summed E-state index contributed by atoms with van der Waals surface area (Å²) < 4.78 is 18.8. The van der Waals surface area contributed by atoms with E-state index in [0.29, 0.717) is 13.2 Å². The van der Waals surface area contributed by atoms with Gasteiger partial charge in [-0.05, 0) is 80.1 Å². The molecule has 0 spiro atoms. The zero-order chi connectivity index (χ0) is 27.5. The Bertz CT molecular complexity index is 1260. The molecule has 9 heteroatoms. The van der Waals surface area contributed by atoms with Gasteiger partial charge in [-0.1, -0.05) is 20.8 Å². The van der Waals surface area contributed by atoms with Gasteiger partial charge < -0.3 is 18.8 Å². The smallest absolute Gasteiger partial charge is 0.250 e. The predicted molar refractivity (Wildman–Crippen MR) is 158 cm³/mol. The monoisotopic (exact) mass is 556 g/mol. The lowest BCUT2D eigenvalue weighted by molar-refractivity contribution is 0.134. The summed E-state index contributed by atoms with van der Waals surface area (Å²) in [6, 6.07) is 11.9. The van der Waals surface area contributed by atoms with Crippen molar-refractivity contribution in [2.24, 2.45) is 0 Å². The highest BCUT2D eigenvalue weighted by atomic mass is 35.5. The highest BCUT2D eigenvalue weighted by Crippen LogP contribution is 2.42. The molecule has 2 heterocycles. The maximum absolute atomic E-state index is 6.70. The summed E-state index contributed by atoms with van der Waals surface area (Å²) in [5.41, 5.74) is 2.41. The molecule has 0 N–H and O–H groups in total. The fourth-order valence-corrected chi connectivity index (χ4v) is 5.38. The molecule has 1 aliphatic rings. The first-order valence-electron chi connectivity index (χ1n) is 13.4. The molecule has 2 aromatic carbocycles. The van der Waals surface area contributed by atoms with Crippen molar-refractivity contribution in [3.05, 3.63) is 41.7 Å². The number of piperazine rings is 1. The second-order valence-electron chi connectivity index (χ2n) is 11.5. The van der Waals surface area contributed by atoms with Crippen LogP contribution in [-0.4, -0.2) is 81.1 Å². The van der Waals surface area contributed by atoms with Crippen LogP contribution < -0.4 is 13.9 Å². The SMILES string of the molecule is CCOc1ccc(-c2nc(Cl)nc3ccc(OCCN4CCN(C)CC4)cc23)cc1O[Si](C)(C)C(C)(C)C. The Kier molecular flexibility index (Phi) is 8.87. The Labute approximate surface area is 233 Å². The van der Waals surface area contributed by atoms with E-state index in [2.05, 4.69) is 60.7 Å². The number of likely N-dealkylation sites (N-methyl/N-ethyl adjacent to an activating group) is 1. The lowest BCUT2D eigenvalue weighted by atomic mass is 10.1. The Morgan fingerprint density at radius 1 is 0.947 bits per heavy atom. The molecule has 0 unspecified atom stereocenters.